The number of carbonyl (C=O) groups excluding carboxylic acids is 1. The number of fused-ring (bicyclic) bond motifs is 1. The van der Waals surface area contributed by atoms with Crippen molar-refractivity contribution in [2.75, 3.05) is 31.1 Å². The van der Waals surface area contributed by atoms with E-state index in [1.165, 1.54) is 5.56 Å². The lowest BCUT2D eigenvalue weighted by atomic mass is 10.0. The predicted octanol–water partition coefficient (Wildman–Crippen LogP) is 6.51. The molecule has 0 atom stereocenters. The van der Waals surface area contributed by atoms with Gasteiger partial charge < -0.3 is 4.90 Å². The molecule has 4 nitrogen and oxygen atoms in total. The average molecular weight is 458 g/mol. The Morgan fingerprint density at radius 2 is 1.55 bits per heavy atom. The molecule has 0 aliphatic heterocycles. The van der Waals surface area contributed by atoms with Crippen LogP contribution < -0.4 is 4.90 Å². The second-order valence-electron chi connectivity index (χ2n) is 8.08. The van der Waals surface area contributed by atoms with E-state index >= 15 is 0 Å². The van der Waals surface area contributed by atoms with Gasteiger partial charge in [0.1, 0.15) is 0 Å². The van der Waals surface area contributed by atoms with Gasteiger partial charge in [-0.1, -0.05) is 80.6 Å². The Morgan fingerprint density at radius 1 is 0.848 bits per heavy atom. The standard InChI is InChI=1S/C28H31N3OS/c1-4-21-12-17-25-26(20-21)33-28(29-25)31(19-18-30(5-2)6-3)27(32)24-15-13-23(14-16-24)22-10-8-7-9-11-22/h7-17,20H,4-6,18-19H2,1-3H3. The molecule has 0 bridgehead atoms. The van der Waals surface area contributed by atoms with E-state index in [2.05, 4.69) is 56.0 Å². The van der Waals surface area contributed by atoms with Crippen LogP contribution in [0.1, 0.15) is 36.7 Å². The third-order valence-electron chi connectivity index (χ3n) is 6.10. The Kier molecular flexibility index (Phi) is 7.53. The molecule has 0 saturated carbocycles. The highest BCUT2D eigenvalue weighted by molar-refractivity contribution is 7.22. The fourth-order valence-corrected chi connectivity index (χ4v) is 5.00. The summed E-state index contributed by atoms with van der Waals surface area (Å²) in [6.07, 6.45) is 0.988. The minimum Gasteiger partial charge on any atom is -0.302 e. The zero-order valence-corrected chi connectivity index (χ0v) is 20.4. The summed E-state index contributed by atoms with van der Waals surface area (Å²) >= 11 is 1.60. The minimum absolute atomic E-state index is 0.00320. The van der Waals surface area contributed by atoms with E-state index in [0.29, 0.717) is 12.1 Å². The third kappa shape index (κ3) is 5.32. The summed E-state index contributed by atoms with van der Waals surface area (Å²) in [5.74, 6) is -0.00320. The van der Waals surface area contributed by atoms with E-state index < -0.39 is 0 Å². The fraction of sp³-hybridized carbons (Fsp3) is 0.286. The first-order valence-electron chi connectivity index (χ1n) is 11.7. The number of hydrogen-bond donors (Lipinski definition) is 0. The van der Waals surface area contributed by atoms with Gasteiger partial charge in [-0.25, -0.2) is 4.98 Å². The summed E-state index contributed by atoms with van der Waals surface area (Å²) in [6, 6.07) is 24.5. The van der Waals surface area contributed by atoms with Gasteiger partial charge in [-0.3, -0.25) is 9.69 Å². The molecule has 0 spiro atoms. The maximum atomic E-state index is 13.7. The van der Waals surface area contributed by atoms with E-state index in [4.69, 9.17) is 4.98 Å². The highest BCUT2D eigenvalue weighted by Gasteiger charge is 2.22. The van der Waals surface area contributed by atoms with Crippen molar-refractivity contribution in [3.63, 3.8) is 0 Å². The normalized spacial score (nSPS) is 11.3. The Hall–Kier alpha value is -3.02. The van der Waals surface area contributed by atoms with Crippen molar-refractivity contribution in [1.29, 1.82) is 0 Å². The number of thiazole rings is 1. The van der Waals surface area contributed by atoms with Crippen LogP contribution in [0.4, 0.5) is 5.13 Å². The molecular formula is C28H31N3OS. The molecule has 1 aromatic heterocycles. The number of carbonyl (C=O) groups is 1. The van der Waals surface area contributed by atoms with Crippen LogP contribution in [0.3, 0.4) is 0 Å². The van der Waals surface area contributed by atoms with Gasteiger partial charge in [0.05, 0.1) is 10.2 Å². The number of aryl methyl sites for hydroxylation is 1. The number of anilines is 1. The Labute approximate surface area is 200 Å². The first kappa shape index (κ1) is 23.1. The average Bonchev–Trinajstić information content (AvgIpc) is 3.30. The highest BCUT2D eigenvalue weighted by Crippen LogP contribution is 2.31. The second-order valence-corrected chi connectivity index (χ2v) is 9.09. The number of rotatable bonds is 9. The molecule has 0 aliphatic carbocycles. The SMILES string of the molecule is CCc1ccc2nc(N(CCN(CC)CC)C(=O)c3ccc(-c4ccccc4)cc3)sc2c1. The maximum absolute atomic E-state index is 13.7. The summed E-state index contributed by atoms with van der Waals surface area (Å²) in [4.78, 5) is 22.7. The van der Waals surface area contributed by atoms with Crippen LogP contribution in [-0.2, 0) is 6.42 Å². The number of benzene rings is 3. The van der Waals surface area contributed by atoms with E-state index in [0.717, 1.165) is 52.5 Å². The molecule has 0 unspecified atom stereocenters. The van der Waals surface area contributed by atoms with Crippen LogP contribution in [0.15, 0.2) is 72.8 Å². The highest BCUT2D eigenvalue weighted by atomic mass is 32.1. The van der Waals surface area contributed by atoms with Crippen molar-refractivity contribution < 1.29 is 4.79 Å². The lowest BCUT2D eigenvalue weighted by Crippen LogP contribution is -2.38. The lowest BCUT2D eigenvalue weighted by molar-refractivity contribution is 0.0984. The Balaban J connectivity index is 1.64. The van der Waals surface area contributed by atoms with Crippen LogP contribution in [0.2, 0.25) is 0 Å². The van der Waals surface area contributed by atoms with Gasteiger partial charge in [0.15, 0.2) is 5.13 Å². The number of nitrogens with zero attached hydrogens (tertiary/aromatic N) is 3. The molecule has 5 heteroatoms. The third-order valence-corrected chi connectivity index (χ3v) is 7.14. The smallest absolute Gasteiger partial charge is 0.260 e. The van der Waals surface area contributed by atoms with Crippen LogP contribution >= 0.6 is 11.3 Å². The molecule has 0 N–H and O–H groups in total. The fourth-order valence-electron chi connectivity index (χ4n) is 3.95. The molecule has 1 heterocycles. The van der Waals surface area contributed by atoms with Crippen LogP contribution in [-0.4, -0.2) is 42.0 Å². The van der Waals surface area contributed by atoms with Gasteiger partial charge in [0, 0.05) is 18.7 Å². The zero-order valence-electron chi connectivity index (χ0n) is 19.6. The first-order chi connectivity index (χ1) is 16.1. The summed E-state index contributed by atoms with van der Waals surface area (Å²) in [5.41, 5.74) is 5.17. The van der Waals surface area contributed by atoms with Crippen LogP contribution in [0, 0.1) is 0 Å². The van der Waals surface area contributed by atoms with E-state index in [9.17, 15) is 4.79 Å². The van der Waals surface area contributed by atoms with Crippen molar-refractivity contribution in [2.24, 2.45) is 0 Å². The molecule has 1 amide bonds. The van der Waals surface area contributed by atoms with Crippen LogP contribution in [0.25, 0.3) is 21.3 Å². The number of amides is 1. The van der Waals surface area contributed by atoms with Gasteiger partial charge in [-0.05, 0) is 60.5 Å². The Morgan fingerprint density at radius 3 is 2.21 bits per heavy atom. The largest absolute Gasteiger partial charge is 0.302 e. The molecule has 3 aromatic carbocycles. The topological polar surface area (TPSA) is 36.4 Å². The molecule has 0 fully saturated rings. The summed E-state index contributed by atoms with van der Waals surface area (Å²) in [6.45, 7) is 9.82. The predicted molar refractivity (Wildman–Crippen MR) is 140 cm³/mol. The molecule has 4 aromatic rings. The van der Waals surface area contributed by atoms with E-state index in [1.54, 1.807) is 11.3 Å². The summed E-state index contributed by atoms with van der Waals surface area (Å²) < 4.78 is 1.13. The molecule has 170 valence electrons. The molecule has 4 rings (SSSR count). The number of hydrogen-bond acceptors (Lipinski definition) is 4. The molecule has 33 heavy (non-hydrogen) atoms. The van der Waals surface area contributed by atoms with Crippen molar-refractivity contribution >= 4 is 32.6 Å². The van der Waals surface area contributed by atoms with Crippen molar-refractivity contribution in [2.45, 2.75) is 27.2 Å². The molecule has 0 saturated heterocycles. The van der Waals surface area contributed by atoms with Gasteiger partial charge in [0.2, 0.25) is 0 Å². The van der Waals surface area contributed by atoms with Gasteiger partial charge in [-0.15, -0.1) is 0 Å². The van der Waals surface area contributed by atoms with Crippen molar-refractivity contribution in [1.82, 2.24) is 9.88 Å². The Bertz CT molecular complexity index is 1200. The van der Waals surface area contributed by atoms with Crippen LogP contribution in [0.5, 0.6) is 0 Å². The quantitative estimate of drug-likeness (QED) is 0.287. The van der Waals surface area contributed by atoms with Gasteiger partial charge in [-0.2, -0.15) is 0 Å². The number of aromatic nitrogens is 1. The van der Waals surface area contributed by atoms with Crippen molar-refractivity contribution in [3.05, 3.63) is 83.9 Å². The van der Waals surface area contributed by atoms with Gasteiger partial charge >= 0.3 is 0 Å². The summed E-state index contributed by atoms with van der Waals surface area (Å²) in [5, 5.41) is 0.766. The molecule has 0 radical (unpaired) electrons. The molecule has 0 aliphatic rings. The van der Waals surface area contributed by atoms with E-state index in [-0.39, 0.29) is 5.91 Å². The zero-order chi connectivity index (χ0) is 23.2. The first-order valence-corrected chi connectivity index (χ1v) is 12.5. The summed E-state index contributed by atoms with van der Waals surface area (Å²) in [7, 11) is 0. The minimum atomic E-state index is -0.00320. The van der Waals surface area contributed by atoms with E-state index in [1.807, 2.05) is 47.4 Å². The van der Waals surface area contributed by atoms with Crippen molar-refractivity contribution in [3.8, 4) is 11.1 Å². The number of likely N-dealkylation sites (N-methyl/N-ethyl adjacent to an activating group) is 1. The maximum Gasteiger partial charge on any atom is 0.260 e. The molecular weight excluding hydrogens is 426 g/mol. The van der Waals surface area contributed by atoms with Gasteiger partial charge in [0.25, 0.3) is 5.91 Å². The lowest BCUT2D eigenvalue weighted by Gasteiger charge is -2.24. The monoisotopic (exact) mass is 457 g/mol. The second kappa shape index (κ2) is 10.7.